The van der Waals surface area contributed by atoms with Crippen LogP contribution in [0, 0.1) is 0 Å². The molecular weight excluding hydrogens is 278 g/mol. The molecule has 0 bridgehead atoms. The lowest BCUT2D eigenvalue weighted by atomic mass is 10.1. The molecule has 0 spiro atoms. The SMILES string of the molecule is COc1ccc(-n2c3c(c4ccccc42)CCOC3=O)cc1. The molecule has 4 heteroatoms. The summed E-state index contributed by atoms with van der Waals surface area (Å²) in [5, 5.41) is 1.12. The number of hydrogen-bond acceptors (Lipinski definition) is 3. The molecule has 0 saturated carbocycles. The first kappa shape index (κ1) is 13.0. The number of fused-ring (bicyclic) bond motifs is 3. The number of carbonyl (C=O) groups is 1. The van der Waals surface area contributed by atoms with Gasteiger partial charge in [0.2, 0.25) is 0 Å². The van der Waals surface area contributed by atoms with Gasteiger partial charge in [-0.25, -0.2) is 4.79 Å². The minimum absolute atomic E-state index is 0.256. The Hall–Kier alpha value is -2.75. The highest BCUT2D eigenvalue weighted by atomic mass is 16.5. The fraction of sp³-hybridized carbons (Fsp3) is 0.167. The van der Waals surface area contributed by atoms with Crippen molar-refractivity contribution in [3.05, 3.63) is 59.8 Å². The molecule has 2 heterocycles. The molecule has 2 aromatic carbocycles. The van der Waals surface area contributed by atoms with Crippen molar-refractivity contribution in [1.82, 2.24) is 4.57 Å². The van der Waals surface area contributed by atoms with Crippen molar-refractivity contribution in [2.45, 2.75) is 6.42 Å². The van der Waals surface area contributed by atoms with Gasteiger partial charge in [-0.2, -0.15) is 0 Å². The molecule has 1 aliphatic rings. The molecule has 22 heavy (non-hydrogen) atoms. The van der Waals surface area contributed by atoms with Crippen molar-refractivity contribution in [1.29, 1.82) is 0 Å². The maximum absolute atomic E-state index is 12.3. The predicted molar refractivity (Wildman–Crippen MR) is 83.8 cm³/mol. The number of rotatable bonds is 2. The van der Waals surface area contributed by atoms with Crippen LogP contribution in [0.1, 0.15) is 16.1 Å². The van der Waals surface area contributed by atoms with E-state index in [1.807, 2.05) is 47.0 Å². The van der Waals surface area contributed by atoms with Crippen LogP contribution in [0.2, 0.25) is 0 Å². The topological polar surface area (TPSA) is 40.5 Å². The van der Waals surface area contributed by atoms with Crippen molar-refractivity contribution in [2.75, 3.05) is 13.7 Å². The van der Waals surface area contributed by atoms with Crippen LogP contribution >= 0.6 is 0 Å². The first-order chi connectivity index (χ1) is 10.8. The lowest BCUT2D eigenvalue weighted by molar-refractivity contribution is 0.0471. The van der Waals surface area contributed by atoms with Crippen molar-refractivity contribution in [3.8, 4) is 11.4 Å². The summed E-state index contributed by atoms with van der Waals surface area (Å²) in [6, 6.07) is 15.8. The van der Waals surface area contributed by atoms with Crippen LogP contribution in [0.15, 0.2) is 48.5 Å². The monoisotopic (exact) mass is 293 g/mol. The number of aromatic nitrogens is 1. The summed E-state index contributed by atoms with van der Waals surface area (Å²) in [7, 11) is 1.64. The second kappa shape index (κ2) is 4.91. The fourth-order valence-corrected chi connectivity index (χ4v) is 3.09. The summed E-state index contributed by atoms with van der Waals surface area (Å²) in [4.78, 5) is 12.3. The largest absolute Gasteiger partial charge is 0.497 e. The molecule has 4 rings (SSSR count). The number of carbonyl (C=O) groups excluding carboxylic acids is 1. The van der Waals surface area contributed by atoms with Gasteiger partial charge in [-0.1, -0.05) is 18.2 Å². The van der Waals surface area contributed by atoms with E-state index >= 15 is 0 Å². The molecular formula is C18H15NO3. The lowest BCUT2D eigenvalue weighted by Crippen LogP contribution is -2.20. The van der Waals surface area contributed by atoms with Crippen LogP contribution in [0.25, 0.3) is 16.6 Å². The van der Waals surface area contributed by atoms with Gasteiger partial charge in [0.05, 0.1) is 19.2 Å². The van der Waals surface area contributed by atoms with E-state index < -0.39 is 0 Å². The number of nitrogens with zero attached hydrogens (tertiary/aromatic N) is 1. The third-order valence-electron chi connectivity index (χ3n) is 4.09. The van der Waals surface area contributed by atoms with E-state index in [4.69, 9.17) is 9.47 Å². The summed E-state index contributed by atoms with van der Waals surface area (Å²) in [6.45, 7) is 0.447. The number of cyclic esters (lactones) is 1. The zero-order chi connectivity index (χ0) is 15.1. The van der Waals surface area contributed by atoms with Gasteiger partial charge in [-0.05, 0) is 35.9 Å². The summed E-state index contributed by atoms with van der Waals surface area (Å²) >= 11 is 0. The second-order valence-corrected chi connectivity index (χ2v) is 5.26. The Balaban J connectivity index is 2.03. The minimum Gasteiger partial charge on any atom is -0.497 e. The van der Waals surface area contributed by atoms with Crippen LogP contribution < -0.4 is 4.74 Å². The Morgan fingerprint density at radius 1 is 1.09 bits per heavy atom. The second-order valence-electron chi connectivity index (χ2n) is 5.26. The zero-order valence-electron chi connectivity index (χ0n) is 12.2. The quantitative estimate of drug-likeness (QED) is 0.680. The molecule has 0 N–H and O–H groups in total. The molecule has 3 aromatic rings. The van der Waals surface area contributed by atoms with Gasteiger partial charge in [0.25, 0.3) is 0 Å². The molecule has 0 amide bonds. The van der Waals surface area contributed by atoms with E-state index in [0.29, 0.717) is 12.3 Å². The summed E-state index contributed by atoms with van der Waals surface area (Å²) in [6.07, 6.45) is 0.755. The van der Waals surface area contributed by atoms with E-state index in [1.165, 1.54) is 0 Å². The van der Waals surface area contributed by atoms with E-state index in [0.717, 1.165) is 34.3 Å². The standard InChI is InChI=1S/C18H15NO3/c1-21-13-8-6-12(7-9-13)19-16-5-3-2-4-14(16)15-10-11-22-18(20)17(15)19/h2-9H,10-11H2,1H3. The van der Waals surface area contributed by atoms with Gasteiger partial charge in [0.1, 0.15) is 11.4 Å². The van der Waals surface area contributed by atoms with E-state index in [2.05, 4.69) is 6.07 Å². The van der Waals surface area contributed by atoms with Crippen LogP contribution in [0.5, 0.6) is 5.75 Å². The van der Waals surface area contributed by atoms with E-state index in [9.17, 15) is 4.79 Å². The number of methoxy groups -OCH3 is 1. The molecule has 0 saturated heterocycles. The van der Waals surface area contributed by atoms with Crippen LogP contribution in [-0.2, 0) is 11.2 Å². The molecule has 1 aliphatic heterocycles. The van der Waals surface area contributed by atoms with Crippen LogP contribution in [-0.4, -0.2) is 24.3 Å². The van der Waals surface area contributed by atoms with Gasteiger partial charge < -0.3 is 14.0 Å². The number of esters is 1. The van der Waals surface area contributed by atoms with Gasteiger partial charge >= 0.3 is 5.97 Å². The Bertz CT molecular complexity index is 862. The first-order valence-electron chi connectivity index (χ1n) is 7.23. The molecule has 0 aliphatic carbocycles. The van der Waals surface area contributed by atoms with Gasteiger partial charge in [0.15, 0.2) is 0 Å². The predicted octanol–water partition coefficient (Wildman–Crippen LogP) is 3.35. The first-order valence-corrected chi connectivity index (χ1v) is 7.23. The highest BCUT2D eigenvalue weighted by Gasteiger charge is 2.27. The zero-order valence-corrected chi connectivity index (χ0v) is 12.2. The van der Waals surface area contributed by atoms with E-state index in [1.54, 1.807) is 7.11 Å². The maximum Gasteiger partial charge on any atom is 0.355 e. The van der Waals surface area contributed by atoms with Gasteiger partial charge in [0, 0.05) is 17.5 Å². The van der Waals surface area contributed by atoms with E-state index in [-0.39, 0.29) is 5.97 Å². The lowest BCUT2D eigenvalue weighted by Gasteiger charge is -2.16. The van der Waals surface area contributed by atoms with Crippen LogP contribution in [0.3, 0.4) is 0 Å². The van der Waals surface area contributed by atoms with Crippen LogP contribution in [0.4, 0.5) is 0 Å². The summed E-state index contributed by atoms with van der Waals surface area (Å²) in [5.74, 6) is 0.532. The van der Waals surface area contributed by atoms with Crippen molar-refractivity contribution >= 4 is 16.9 Å². The number of ether oxygens (including phenoxy) is 2. The molecule has 0 unspecified atom stereocenters. The maximum atomic E-state index is 12.3. The van der Waals surface area contributed by atoms with Gasteiger partial charge in [-0.15, -0.1) is 0 Å². The molecule has 0 fully saturated rings. The average Bonchev–Trinajstić information content (AvgIpc) is 2.91. The highest BCUT2D eigenvalue weighted by molar-refractivity contribution is 6.01. The highest BCUT2D eigenvalue weighted by Crippen LogP contribution is 2.33. The summed E-state index contributed by atoms with van der Waals surface area (Å²) < 4.78 is 12.4. The van der Waals surface area contributed by atoms with Crippen molar-refractivity contribution < 1.29 is 14.3 Å². The molecule has 1 aromatic heterocycles. The average molecular weight is 293 g/mol. The molecule has 0 atom stereocenters. The Labute approximate surface area is 127 Å². The normalized spacial score (nSPS) is 13.8. The minimum atomic E-state index is -0.256. The Kier molecular flexibility index (Phi) is 2.89. The number of benzene rings is 2. The Morgan fingerprint density at radius 2 is 1.86 bits per heavy atom. The molecule has 110 valence electrons. The van der Waals surface area contributed by atoms with Crippen molar-refractivity contribution in [2.24, 2.45) is 0 Å². The third-order valence-corrected chi connectivity index (χ3v) is 4.09. The van der Waals surface area contributed by atoms with Gasteiger partial charge in [-0.3, -0.25) is 0 Å². The smallest absolute Gasteiger partial charge is 0.355 e. The van der Waals surface area contributed by atoms with Crippen molar-refractivity contribution in [3.63, 3.8) is 0 Å². The molecule has 0 radical (unpaired) electrons. The number of hydrogen-bond donors (Lipinski definition) is 0. The summed E-state index contributed by atoms with van der Waals surface area (Å²) in [5.41, 5.74) is 3.66. The fourth-order valence-electron chi connectivity index (χ4n) is 3.09. The third kappa shape index (κ3) is 1.80. The number of para-hydroxylation sites is 1. The molecule has 4 nitrogen and oxygen atoms in total. The Morgan fingerprint density at radius 3 is 2.64 bits per heavy atom.